The molecule has 0 radical (unpaired) electrons. The Balaban J connectivity index is 2.92. The Morgan fingerprint density at radius 3 is 2.92 bits per heavy atom. The third-order valence-electron chi connectivity index (χ3n) is 1.78. The van der Waals surface area contributed by atoms with Gasteiger partial charge in [0.15, 0.2) is 0 Å². The van der Waals surface area contributed by atoms with Crippen LogP contribution in [-0.2, 0) is 0 Å². The molecular formula is C9H6FIS. The molecule has 0 atom stereocenters. The van der Waals surface area contributed by atoms with Crippen molar-refractivity contribution in [3.8, 4) is 0 Å². The number of hydrogen-bond acceptors (Lipinski definition) is 1. The molecule has 0 saturated carbocycles. The molecule has 0 amide bonds. The SMILES string of the molecule is Cc1cc(F)cc2c(I)csc12. The van der Waals surface area contributed by atoms with Crippen LogP contribution in [0.5, 0.6) is 0 Å². The van der Waals surface area contributed by atoms with Crippen molar-refractivity contribution < 1.29 is 4.39 Å². The van der Waals surface area contributed by atoms with Gasteiger partial charge in [0.25, 0.3) is 0 Å². The quantitative estimate of drug-likeness (QED) is 0.645. The molecule has 0 unspecified atom stereocenters. The predicted octanol–water partition coefficient (Wildman–Crippen LogP) is 3.95. The van der Waals surface area contributed by atoms with Crippen molar-refractivity contribution in [2.45, 2.75) is 6.92 Å². The molecule has 2 rings (SSSR count). The molecule has 0 aliphatic rings. The number of halogens is 2. The van der Waals surface area contributed by atoms with Gasteiger partial charge in [-0.25, -0.2) is 4.39 Å². The summed E-state index contributed by atoms with van der Waals surface area (Å²) in [6.07, 6.45) is 0. The first-order chi connectivity index (χ1) is 5.68. The molecule has 0 aliphatic heterocycles. The summed E-state index contributed by atoms with van der Waals surface area (Å²) in [5, 5.41) is 3.09. The highest BCUT2D eigenvalue weighted by Crippen LogP contribution is 2.30. The van der Waals surface area contributed by atoms with Crippen molar-refractivity contribution in [1.29, 1.82) is 0 Å². The average molecular weight is 292 g/mol. The molecule has 0 spiro atoms. The number of fused-ring (bicyclic) bond motifs is 1. The summed E-state index contributed by atoms with van der Waals surface area (Å²) in [5.74, 6) is -0.142. The molecule has 0 aliphatic carbocycles. The summed E-state index contributed by atoms with van der Waals surface area (Å²) < 4.78 is 15.3. The minimum Gasteiger partial charge on any atom is -0.207 e. The van der Waals surface area contributed by atoms with Crippen molar-refractivity contribution in [3.05, 3.63) is 32.5 Å². The summed E-state index contributed by atoms with van der Waals surface area (Å²) in [6.45, 7) is 1.94. The zero-order valence-electron chi connectivity index (χ0n) is 6.40. The van der Waals surface area contributed by atoms with Gasteiger partial charge in [-0.3, -0.25) is 0 Å². The molecular weight excluding hydrogens is 286 g/mol. The highest BCUT2D eigenvalue weighted by atomic mass is 127. The van der Waals surface area contributed by atoms with Gasteiger partial charge in [-0.05, 0) is 47.2 Å². The Morgan fingerprint density at radius 1 is 1.42 bits per heavy atom. The van der Waals surface area contributed by atoms with Crippen molar-refractivity contribution in [1.82, 2.24) is 0 Å². The van der Waals surface area contributed by atoms with E-state index >= 15 is 0 Å². The minimum absolute atomic E-state index is 0.142. The van der Waals surface area contributed by atoms with Gasteiger partial charge in [-0.2, -0.15) is 0 Å². The fourth-order valence-electron chi connectivity index (χ4n) is 1.24. The number of hydrogen-bond donors (Lipinski definition) is 0. The van der Waals surface area contributed by atoms with Crippen LogP contribution in [0.1, 0.15) is 5.56 Å². The average Bonchev–Trinajstić information content (AvgIpc) is 2.33. The Morgan fingerprint density at radius 2 is 2.17 bits per heavy atom. The van der Waals surface area contributed by atoms with E-state index < -0.39 is 0 Å². The fraction of sp³-hybridized carbons (Fsp3) is 0.111. The van der Waals surface area contributed by atoms with E-state index in [1.54, 1.807) is 23.5 Å². The van der Waals surface area contributed by atoms with Crippen LogP contribution >= 0.6 is 33.9 Å². The molecule has 12 heavy (non-hydrogen) atoms. The second-order valence-electron chi connectivity index (χ2n) is 2.68. The van der Waals surface area contributed by atoms with Crippen LogP contribution in [0, 0.1) is 16.3 Å². The van der Waals surface area contributed by atoms with E-state index in [1.165, 1.54) is 4.70 Å². The number of thiophene rings is 1. The molecule has 1 aromatic carbocycles. The van der Waals surface area contributed by atoms with E-state index in [1.807, 2.05) is 6.92 Å². The summed E-state index contributed by atoms with van der Waals surface area (Å²) in [7, 11) is 0. The second kappa shape index (κ2) is 2.96. The van der Waals surface area contributed by atoms with Crippen LogP contribution in [0.25, 0.3) is 10.1 Å². The first-order valence-corrected chi connectivity index (χ1v) is 5.47. The molecule has 62 valence electrons. The second-order valence-corrected chi connectivity index (χ2v) is 4.72. The first kappa shape index (κ1) is 8.44. The fourth-order valence-corrected chi connectivity index (χ4v) is 3.12. The molecule has 2 aromatic rings. The Hall–Kier alpha value is -0.160. The normalized spacial score (nSPS) is 10.9. The minimum atomic E-state index is -0.142. The zero-order chi connectivity index (χ0) is 8.72. The Kier molecular flexibility index (Phi) is 2.08. The molecule has 0 nitrogen and oxygen atoms in total. The standard InChI is InChI=1S/C9H6FIS/c1-5-2-6(10)3-7-8(11)4-12-9(5)7/h2-4H,1H3. The largest absolute Gasteiger partial charge is 0.207 e. The van der Waals surface area contributed by atoms with Crippen LogP contribution in [0.15, 0.2) is 17.5 Å². The number of benzene rings is 1. The third-order valence-corrected chi connectivity index (χ3v) is 4.22. The van der Waals surface area contributed by atoms with Gasteiger partial charge in [0.05, 0.1) is 0 Å². The molecule has 0 N–H and O–H groups in total. The Bertz CT molecular complexity index is 433. The molecule has 3 heteroatoms. The van der Waals surface area contributed by atoms with E-state index in [4.69, 9.17) is 0 Å². The lowest BCUT2D eigenvalue weighted by Crippen LogP contribution is -1.78. The first-order valence-electron chi connectivity index (χ1n) is 3.51. The lowest BCUT2D eigenvalue weighted by atomic mass is 10.2. The van der Waals surface area contributed by atoms with Gasteiger partial charge in [0, 0.05) is 19.0 Å². The maximum absolute atomic E-state index is 13.0. The smallest absolute Gasteiger partial charge is 0.124 e. The van der Waals surface area contributed by atoms with E-state index in [0.717, 1.165) is 14.5 Å². The van der Waals surface area contributed by atoms with Gasteiger partial charge in [-0.15, -0.1) is 11.3 Å². The maximum atomic E-state index is 13.0. The van der Waals surface area contributed by atoms with E-state index in [2.05, 4.69) is 28.0 Å². The van der Waals surface area contributed by atoms with E-state index in [-0.39, 0.29) is 5.82 Å². The number of aryl methyl sites for hydroxylation is 1. The van der Waals surface area contributed by atoms with Crippen LogP contribution in [0.3, 0.4) is 0 Å². The summed E-state index contributed by atoms with van der Waals surface area (Å²) in [6, 6.07) is 3.18. The monoisotopic (exact) mass is 292 g/mol. The molecule has 1 aromatic heterocycles. The van der Waals surface area contributed by atoms with Crippen LogP contribution < -0.4 is 0 Å². The third kappa shape index (κ3) is 1.25. The van der Waals surface area contributed by atoms with Crippen molar-refractivity contribution in [3.63, 3.8) is 0 Å². The van der Waals surface area contributed by atoms with Gasteiger partial charge in [0.2, 0.25) is 0 Å². The molecule has 0 fully saturated rings. The van der Waals surface area contributed by atoms with E-state index in [0.29, 0.717) is 0 Å². The highest BCUT2D eigenvalue weighted by molar-refractivity contribution is 14.1. The van der Waals surface area contributed by atoms with Gasteiger partial charge in [0.1, 0.15) is 5.82 Å². The molecule has 0 saturated heterocycles. The van der Waals surface area contributed by atoms with Crippen LogP contribution in [-0.4, -0.2) is 0 Å². The number of rotatable bonds is 0. The highest BCUT2D eigenvalue weighted by Gasteiger charge is 2.05. The van der Waals surface area contributed by atoms with Crippen molar-refractivity contribution >= 4 is 44.0 Å². The molecule has 0 bridgehead atoms. The van der Waals surface area contributed by atoms with Crippen molar-refractivity contribution in [2.24, 2.45) is 0 Å². The van der Waals surface area contributed by atoms with Gasteiger partial charge < -0.3 is 0 Å². The topological polar surface area (TPSA) is 0 Å². The lowest BCUT2D eigenvalue weighted by Gasteiger charge is -1.95. The maximum Gasteiger partial charge on any atom is 0.124 e. The predicted molar refractivity (Wildman–Crippen MR) is 59.2 cm³/mol. The Labute approximate surface area is 87.5 Å². The van der Waals surface area contributed by atoms with Crippen LogP contribution in [0.2, 0.25) is 0 Å². The van der Waals surface area contributed by atoms with E-state index in [9.17, 15) is 4.39 Å². The summed E-state index contributed by atoms with van der Waals surface area (Å²) in [5.41, 5.74) is 1.03. The summed E-state index contributed by atoms with van der Waals surface area (Å²) >= 11 is 3.91. The van der Waals surface area contributed by atoms with Crippen LogP contribution in [0.4, 0.5) is 4.39 Å². The van der Waals surface area contributed by atoms with Gasteiger partial charge >= 0.3 is 0 Å². The summed E-state index contributed by atoms with van der Waals surface area (Å²) in [4.78, 5) is 0. The zero-order valence-corrected chi connectivity index (χ0v) is 9.37. The van der Waals surface area contributed by atoms with Crippen molar-refractivity contribution in [2.75, 3.05) is 0 Å². The molecule has 1 heterocycles. The lowest BCUT2D eigenvalue weighted by molar-refractivity contribution is 0.629. The van der Waals surface area contributed by atoms with Gasteiger partial charge in [-0.1, -0.05) is 0 Å².